The molecule has 1 heterocycles. The molecule has 2 amide bonds. The summed E-state index contributed by atoms with van der Waals surface area (Å²) in [5.74, 6) is -1.93. The average Bonchev–Trinajstić information content (AvgIpc) is 2.79. The summed E-state index contributed by atoms with van der Waals surface area (Å²) in [5, 5.41) is 0.875. The lowest BCUT2D eigenvalue weighted by molar-refractivity contribution is -0.153. The van der Waals surface area contributed by atoms with E-state index in [9.17, 15) is 14.4 Å². The Balaban J connectivity index is 1.59. The maximum Gasteiger partial charge on any atom is 0.326 e. The normalized spacial score (nSPS) is 22.7. The number of carbonyl (C=O) groups excluding carboxylic acids is 3. The van der Waals surface area contributed by atoms with Crippen LogP contribution in [0.2, 0.25) is 10.0 Å². The number of hydrogen-bond acceptors (Lipinski definition) is 4. The summed E-state index contributed by atoms with van der Waals surface area (Å²) in [6, 6.07) is 4.85. The first-order valence-electron chi connectivity index (χ1n) is 7.57. The molecule has 0 aromatic heterocycles. The molecule has 1 fully saturated rings. The highest BCUT2D eigenvalue weighted by Crippen LogP contribution is 2.34. The summed E-state index contributed by atoms with van der Waals surface area (Å²) in [6.45, 7) is -0.407. The van der Waals surface area contributed by atoms with Crippen LogP contribution in [0.5, 0.6) is 0 Å². The maximum atomic E-state index is 12.3. The number of imide groups is 1. The van der Waals surface area contributed by atoms with Crippen molar-refractivity contribution in [3.8, 4) is 0 Å². The molecule has 0 radical (unpaired) electrons. The number of ether oxygens (including phenoxy) is 1. The molecule has 3 rings (SSSR count). The molecule has 0 bridgehead atoms. The summed E-state index contributed by atoms with van der Waals surface area (Å²) in [4.78, 5) is 37.6. The molecule has 1 aliphatic heterocycles. The van der Waals surface area contributed by atoms with Gasteiger partial charge in [-0.25, -0.2) is 0 Å². The summed E-state index contributed by atoms with van der Waals surface area (Å²) in [6.07, 6.45) is 4.88. The lowest BCUT2D eigenvalue weighted by Gasteiger charge is -2.14. The van der Waals surface area contributed by atoms with Crippen molar-refractivity contribution in [1.82, 2.24) is 4.90 Å². The second-order valence-electron chi connectivity index (χ2n) is 5.81. The summed E-state index contributed by atoms with van der Waals surface area (Å²) < 4.78 is 5.13. The predicted molar refractivity (Wildman–Crippen MR) is 88.3 cm³/mol. The third-order valence-electron chi connectivity index (χ3n) is 4.29. The Morgan fingerprint density at radius 3 is 2.33 bits per heavy atom. The molecule has 0 spiro atoms. The molecule has 0 saturated carbocycles. The van der Waals surface area contributed by atoms with Crippen molar-refractivity contribution in [3.05, 3.63) is 46.0 Å². The molecule has 1 aliphatic carbocycles. The van der Waals surface area contributed by atoms with Crippen LogP contribution in [-0.4, -0.2) is 29.2 Å². The minimum Gasteiger partial charge on any atom is -0.459 e. The third kappa shape index (κ3) is 3.32. The number of likely N-dealkylation sites (tertiary alicyclic amines) is 1. The molecule has 1 aromatic rings. The van der Waals surface area contributed by atoms with E-state index in [-0.39, 0.29) is 36.8 Å². The van der Waals surface area contributed by atoms with Gasteiger partial charge >= 0.3 is 5.97 Å². The number of carbonyl (C=O) groups is 3. The van der Waals surface area contributed by atoms with Gasteiger partial charge in [0.15, 0.2) is 0 Å². The zero-order valence-corrected chi connectivity index (χ0v) is 14.2. The van der Waals surface area contributed by atoms with E-state index in [2.05, 4.69) is 0 Å². The zero-order valence-electron chi connectivity index (χ0n) is 12.7. The van der Waals surface area contributed by atoms with E-state index in [1.807, 2.05) is 12.2 Å². The zero-order chi connectivity index (χ0) is 17.3. The topological polar surface area (TPSA) is 63.7 Å². The number of esters is 1. The lowest BCUT2D eigenvalue weighted by Crippen LogP contribution is -2.36. The molecule has 7 heteroatoms. The van der Waals surface area contributed by atoms with Crippen LogP contribution in [0.25, 0.3) is 0 Å². The van der Waals surface area contributed by atoms with Gasteiger partial charge in [0.2, 0.25) is 11.8 Å². The molecule has 126 valence electrons. The third-order valence-corrected chi connectivity index (χ3v) is 4.88. The van der Waals surface area contributed by atoms with Gasteiger partial charge in [0, 0.05) is 15.6 Å². The van der Waals surface area contributed by atoms with E-state index in [0.29, 0.717) is 28.5 Å². The van der Waals surface area contributed by atoms with Gasteiger partial charge in [-0.3, -0.25) is 19.3 Å². The van der Waals surface area contributed by atoms with Crippen molar-refractivity contribution in [3.63, 3.8) is 0 Å². The summed E-state index contributed by atoms with van der Waals surface area (Å²) in [5.41, 5.74) is 0.603. The Morgan fingerprint density at radius 1 is 1.12 bits per heavy atom. The first-order valence-corrected chi connectivity index (χ1v) is 8.32. The molecular weight excluding hydrogens is 353 g/mol. The van der Waals surface area contributed by atoms with E-state index in [1.165, 1.54) is 0 Å². The van der Waals surface area contributed by atoms with Crippen LogP contribution in [0, 0.1) is 11.8 Å². The Kier molecular flexibility index (Phi) is 4.92. The highest BCUT2D eigenvalue weighted by Gasteiger charge is 2.47. The first kappa shape index (κ1) is 17.0. The second kappa shape index (κ2) is 6.95. The van der Waals surface area contributed by atoms with Crippen LogP contribution in [0.1, 0.15) is 18.4 Å². The lowest BCUT2D eigenvalue weighted by atomic mass is 9.85. The number of fused-ring (bicyclic) bond motifs is 1. The van der Waals surface area contributed by atoms with E-state index < -0.39 is 5.97 Å². The van der Waals surface area contributed by atoms with E-state index in [1.54, 1.807) is 18.2 Å². The second-order valence-corrected chi connectivity index (χ2v) is 6.66. The highest BCUT2D eigenvalue weighted by molar-refractivity contribution is 6.35. The summed E-state index contributed by atoms with van der Waals surface area (Å²) >= 11 is 11.8. The molecule has 24 heavy (non-hydrogen) atoms. The Hall–Kier alpha value is -1.85. The number of benzene rings is 1. The van der Waals surface area contributed by atoms with Crippen LogP contribution in [-0.2, 0) is 25.7 Å². The molecule has 2 atom stereocenters. The fourth-order valence-corrected chi connectivity index (χ4v) is 3.46. The van der Waals surface area contributed by atoms with Gasteiger partial charge in [0.1, 0.15) is 13.2 Å². The fraction of sp³-hybridized carbons (Fsp3) is 0.353. The Bertz CT molecular complexity index is 705. The SMILES string of the molecule is O=C(CN1C(=O)[C@H]2CC=CC[C@H]2C1=O)OCc1ccc(Cl)cc1Cl. The van der Waals surface area contributed by atoms with Gasteiger partial charge in [-0.15, -0.1) is 0 Å². The molecular formula is C17H15Cl2NO4. The molecule has 0 N–H and O–H groups in total. The Labute approximate surface area is 149 Å². The number of halogens is 2. The van der Waals surface area contributed by atoms with Crippen molar-refractivity contribution in [2.45, 2.75) is 19.4 Å². The highest BCUT2D eigenvalue weighted by atomic mass is 35.5. The molecule has 1 saturated heterocycles. The van der Waals surface area contributed by atoms with Gasteiger partial charge in [-0.2, -0.15) is 0 Å². The maximum absolute atomic E-state index is 12.3. The number of rotatable bonds is 4. The number of hydrogen-bond donors (Lipinski definition) is 0. The summed E-state index contributed by atoms with van der Waals surface area (Å²) in [7, 11) is 0. The van der Waals surface area contributed by atoms with Gasteiger partial charge in [-0.05, 0) is 25.0 Å². The van der Waals surface area contributed by atoms with Crippen molar-refractivity contribution in [2.75, 3.05) is 6.54 Å². The Morgan fingerprint density at radius 2 is 1.75 bits per heavy atom. The monoisotopic (exact) mass is 367 g/mol. The quantitative estimate of drug-likeness (QED) is 0.466. The van der Waals surface area contributed by atoms with Crippen LogP contribution in [0.15, 0.2) is 30.4 Å². The van der Waals surface area contributed by atoms with E-state index >= 15 is 0 Å². The number of amides is 2. The smallest absolute Gasteiger partial charge is 0.326 e. The molecule has 0 unspecified atom stereocenters. The van der Waals surface area contributed by atoms with Crippen LogP contribution in [0.4, 0.5) is 0 Å². The first-order chi connectivity index (χ1) is 11.5. The predicted octanol–water partition coefficient (Wildman–Crippen LogP) is 2.99. The minimum absolute atomic E-state index is 0.0422. The minimum atomic E-state index is -0.644. The van der Waals surface area contributed by atoms with Crippen molar-refractivity contribution >= 4 is 41.0 Å². The van der Waals surface area contributed by atoms with Gasteiger partial charge in [0.05, 0.1) is 11.8 Å². The van der Waals surface area contributed by atoms with Crippen molar-refractivity contribution in [2.24, 2.45) is 11.8 Å². The van der Waals surface area contributed by atoms with Crippen LogP contribution in [0.3, 0.4) is 0 Å². The molecule has 1 aromatic carbocycles. The molecule has 5 nitrogen and oxygen atoms in total. The fourth-order valence-electron chi connectivity index (χ4n) is 3.00. The van der Waals surface area contributed by atoms with Gasteiger partial charge < -0.3 is 4.74 Å². The molecule has 2 aliphatic rings. The standard InChI is InChI=1S/C17H15Cl2NO4/c18-11-6-5-10(14(19)7-11)9-24-15(21)8-20-16(22)12-3-1-2-4-13(12)17(20)23/h1-2,5-7,12-13H,3-4,8-9H2/t12-,13+. The van der Waals surface area contributed by atoms with Crippen molar-refractivity contribution in [1.29, 1.82) is 0 Å². The largest absolute Gasteiger partial charge is 0.459 e. The average molecular weight is 368 g/mol. The number of nitrogens with zero attached hydrogens (tertiary/aromatic N) is 1. The van der Waals surface area contributed by atoms with E-state index in [4.69, 9.17) is 27.9 Å². The van der Waals surface area contributed by atoms with Gasteiger partial charge in [0.25, 0.3) is 0 Å². The van der Waals surface area contributed by atoms with Crippen LogP contribution >= 0.6 is 23.2 Å². The van der Waals surface area contributed by atoms with Gasteiger partial charge in [-0.1, -0.05) is 41.4 Å². The number of allylic oxidation sites excluding steroid dienone is 2. The van der Waals surface area contributed by atoms with Crippen LogP contribution < -0.4 is 0 Å². The van der Waals surface area contributed by atoms with E-state index in [0.717, 1.165) is 4.90 Å². The van der Waals surface area contributed by atoms with Crippen molar-refractivity contribution < 1.29 is 19.1 Å².